The Morgan fingerprint density at radius 1 is 0.963 bits per heavy atom. The molecule has 1 N–H and O–H groups in total. The average Bonchev–Trinajstić information content (AvgIpc) is 2.62. The summed E-state index contributed by atoms with van der Waals surface area (Å²) in [6, 6.07) is 17.7. The molecule has 5 heteroatoms. The molecule has 138 valence electrons. The van der Waals surface area contributed by atoms with Crippen molar-refractivity contribution in [2.45, 2.75) is 27.7 Å². The predicted octanol–water partition coefficient (Wildman–Crippen LogP) is 4.81. The van der Waals surface area contributed by atoms with Crippen LogP contribution in [0, 0.1) is 20.8 Å². The van der Waals surface area contributed by atoms with Gasteiger partial charge in [-0.05, 0) is 63.1 Å². The minimum atomic E-state index is -0.243. The van der Waals surface area contributed by atoms with Crippen molar-refractivity contribution >= 4 is 23.1 Å². The zero-order chi connectivity index (χ0) is 19.4. The first-order valence-corrected chi connectivity index (χ1v) is 9.04. The summed E-state index contributed by atoms with van der Waals surface area (Å²) in [5.41, 5.74) is 4.41. The first-order valence-electron chi connectivity index (χ1n) is 9.04. The first-order chi connectivity index (χ1) is 13.0. The Bertz CT molecular complexity index is 968. The van der Waals surface area contributed by atoms with Gasteiger partial charge in [-0.15, -0.1) is 0 Å². The Morgan fingerprint density at radius 3 is 2.33 bits per heavy atom. The molecule has 0 fully saturated rings. The van der Waals surface area contributed by atoms with E-state index < -0.39 is 0 Å². The van der Waals surface area contributed by atoms with E-state index in [1.807, 2.05) is 43.3 Å². The predicted molar refractivity (Wildman–Crippen MR) is 110 cm³/mol. The Morgan fingerprint density at radius 2 is 1.67 bits per heavy atom. The van der Waals surface area contributed by atoms with Crippen molar-refractivity contribution in [2.75, 3.05) is 16.8 Å². The van der Waals surface area contributed by atoms with Crippen LogP contribution in [0.5, 0.6) is 0 Å². The monoisotopic (exact) mass is 360 g/mol. The van der Waals surface area contributed by atoms with Gasteiger partial charge in [0.15, 0.2) is 0 Å². The molecular weight excluding hydrogens is 336 g/mol. The number of aryl methyl sites for hydroxylation is 3. The summed E-state index contributed by atoms with van der Waals surface area (Å²) >= 11 is 0. The molecule has 0 atom stereocenters. The molecule has 3 rings (SSSR count). The second-order valence-corrected chi connectivity index (χ2v) is 6.57. The number of hydrogen-bond acceptors (Lipinski definition) is 4. The Balaban J connectivity index is 1.92. The number of hydrogen-bond donors (Lipinski definition) is 1. The van der Waals surface area contributed by atoms with E-state index in [2.05, 4.69) is 46.2 Å². The smallest absolute Gasteiger partial charge is 0.274 e. The van der Waals surface area contributed by atoms with Crippen molar-refractivity contribution in [2.24, 2.45) is 0 Å². The first kappa shape index (κ1) is 18.6. The minimum absolute atomic E-state index is 0.243. The molecular formula is C22H24N4O. The molecule has 0 aliphatic heterocycles. The zero-order valence-electron chi connectivity index (χ0n) is 16.2. The second kappa shape index (κ2) is 7.99. The normalized spacial score (nSPS) is 10.5. The number of amides is 1. The van der Waals surface area contributed by atoms with Crippen LogP contribution in [-0.2, 0) is 0 Å². The molecule has 3 aromatic rings. The molecule has 0 aliphatic rings. The fourth-order valence-electron chi connectivity index (χ4n) is 3.00. The van der Waals surface area contributed by atoms with Crippen molar-refractivity contribution in [3.63, 3.8) is 0 Å². The summed E-state index contributed by atoms with van der Waals surface area (Å²) in [6.45, 7) is 8.65. The Kier molecular flexibility index (Phi) is 5.50. The number of anilines is 3. The van der Waals surface area contributed by atoms with Crippen LogP contribution >= 0.6 is 0 Å². The lowest BCUT2D eigenvalue weighted by atomic mass is 10.2. The standard InChI is InChI=1S/C22H24N4O/c1-5-26(19-11-7-9-16(3)13-19)21-14-20(23-17(4)24-21)22(27)25-18-10-6-8-15(2)12-18/h6-14H,5H2,1-4H3,(H,25,27). The van der Waals surface area contributed by atoms with E-state index in [0.29, 0.717) is 17.3 Å². The molecule has 27 heavy (non-hydrogen) atoms. The highest BCUT2D eigenvalue weighted by atomic mass is 16.1. The maximum Gasteiger partial charge on any atom is 0.274 e. The molecule has 0 radical (unpaired) electrons. The van der Waals surface area contributed by atoms with E-state index in [1.165, 1.54) is 5.56 Å². The van der Waals surface area contributed by atoms with Crippen molar-refractivity contribution in [3.8, 4) is 0 Å². The van der Waals surface area contributed by atoms with Crippen molar-refractivity contribution in [1.29, 1.82) is 0 Å². The molecule has 1 amide bonds. The summed E-state index contributed by atoms with van der Waals surface area (Å²) in [6.07, 6.45) is 0. The highest BCUT2D eigenvalue weighted by Gasteiger charge is 2.15. The number of rotatable bonds is 5. The third-order valence-electron chi connectivity index (χ3n) is 4.24. The summed E-state index contributed by atoms with van der Waals surface area (Å²) in [5.74, 6) is 1.03. The molecule has 0 aliphatic carbocycles. The van der Waals surface area contributed by atoms with Crippen LogP contribution in [0.3, 0.4) is 0 Å². The summed E-state index contributed by atoms with van der Waals surface area (Å²) in [7, 11) is 0. The van der Waals surface area contributed by atoms with Gasteiger partial charge in [0.05, 0.1) is 0 Å². The summed E-state index contributed by atoms with van der Waals surface area (Å²) < 4.78 is 0. The number of carbonyl (C=O) groups is 1. The zero-order valence-corrected chi connectivity index (χ0v) is 16.2. The molecule has 0 unspecified atom stereocenters. The third kappa shape index (κ3) is 4.50. The number of aromatic nitrogens is 2. The fourth-order valence-corrected chi connectivity index (χ4v) is 3.00. The van der Waals surface area contributed by atoms with Gasteiger partial charge in [0, 0.05) is 24.0 Å². The van der Waals surface area contributed by atoms with Crippen LogP contribution in [-0.4, -0.2) is 22.4 Å². The SMILES string of the molecule is CCN(c1cccc(C)c1)c1cc(C(=O)Nc2cccc(C)c2)nc(C)n1. The Labute approximate surface area is 160 Å². The van der Waals surface area contributed by atoms with Gasteiger partial charge in [-0.1, -0.05) is 24.3 Å². The van der Waals surface area contributed by atoms with Gasteiger partial charge in [0.1, 0.15) is 17.3 Å². The highest BCUT2D eigenvalue weighted by Crippen LogP contribution is 2.25. The van der Waals surface area contributed by atoms with E-state index in [9.17, 15) is 4.79 Å². The molecule has 0 bridgehead atoms. The lowest BCUT2D eigenvalue weighted by Crippen LogP contribution is -2.21. The fraction of sp³-hybridized carbons (Fsp3) is 0.227. The number of benzene rings is 2. The van der Waals surface area contributed by atoms with Crippen LogP contribution in [0.1, 0.15) is 34.4 Å². The van der Waals surface area contributed by atoms with Crippen LogP contribution in [0.15, 0.2) is 54.6 Å². The number of nitrogens with one attached hydrogen (secondary N) is 1. The lowest BCUT2D eigenvalue weighted by Gasteiger charge is -2.23. The molecule has 0 spiro atoms. The van der Waals surface area contributed by atoms with Gasteiger partial charge in [-0.25, -0.2) is 9.97 Å². The lowest BCUT2D eigenvalue weighted by molar-refractivity contribution is 0.102. The van der Waals surface area contributed by atoms with E-state index in [4.69, 9.17) is 0 Å². The molecule has 0 saturated carbocycles. The molecule has 5 nitrogen and oxygen atoms in total. The van der Waals surface area contributed by atoms with Crippen LogP contribution < -0.4 is 10.2 Å². The highest BCUT2D eigenvalue weighted by molar-refractivity contribution is 6.03. The summed E-state index contributed by atoms with van der Waals surface area (Å²) in [4.78, 5) is 23.7. The maximum atomic E-state index is 12.7. The van der Waals surface area contributed by atoms with Crippen LogP contribution in [0.2, 0.25) is 0 Å². The largest absolute Gasteiger partial charge is 0.327 e. The van der Waals surface area contributed by atoms with E-state index in [-0.39, 0.29) is 5.91 Å². The number of carbonyl (C=O) groups excluding carboxylic acids is 1. The van der Waals surface area contributed by atoms with Crippen molar-refractivity contribution in [3.05, 3.63) is 77.2 Å². The van der Waals surface area contributed by atoms with Crippen molar-refractivity contribution in [1.82, 2.24) is 9.97 Å². The molecule has 2 aromatic carbocycles. The Hall–Kier alpha value is -3.21. The molecule has 0 saturated heterocycles. The quantitative estimate of drug-likeness (QED) is 0.709. The topological polar surface area (TPSA) is 58.1 Å². The summed E-state index contributed by atoms with van der Waals surface area (Å²) in [5, 5.41) is 2.91. The van der Waals surface area contributed by atoms with Crippen LogP contribution in [0.4, 0.5) is 17.2 Å². The molecule has 1 heterocycles. The van der Waals surface area contributed by atoms with Gasteiger partial charge in [0.25, 0.3) is 5.91 Å². The van der Waals surface area contributed by atoms with Gasteiger partial charge in [-0.3, -0.25) is 4.79 Å². The van der Waals surface area contributed by atoms with Crippen LogP contribution in [0.25, 0.3) is 0 Å². The van der Waals surface area contributed by atoms with Crippen molar-refractivity contribution < 1.29 is 4.79 Å². The third-order valence-corrected chi connectivity index (χ3v) is 4.24. The van der Waals surface area contributed by atoms with Gasteiger partial charge >= 0.3 is 0 Å². The van der Waals surface area contributed by atoms with Gasteiger partial charge in [-0.2, -0.15) is 0 Å². The minimum Gasteiger partial charge on any atom is -0.327 e. The van der Waals surface area contributed by atoms with Gasteiger partial charge < -0.3 is 10.2 Å². The second-order valence-electron chi connectivity index (χ2n) is 6.57. The van der Waals surface area contributed by atoms with E-state index in [0.717, 1.165) is 23.5 Å². The average molecular weight is 360 g/mol. The van der Waals surface area contributed by atoms with E-state index in [1.54, 1.807) is 13.0 Å². The molecule has 1 aromatic heterocycles. The van der Waals surface area contributed by atoms with Gasteiger partial charge in [0.2, 0.25) is 0 Å². The number of nitrogens with zero attached hydrogens (tertiary/aromatic N) is 3. The van der Waals surface area contributed by atoms with E-state index >= 15 is 0 Å². The maximum absolute atomic E-state index is 12.7.